The van der Waals surface area contributed by atoms with Crippen molar-refractivity contribution in [1.29, 1.82) is 0 Å². The maximum absolute atomic E-state index is 11.9. The fraction of sp³-hybridized carbons (Fsp3) is 0.529. The zero-order valence-electron chi connectivity index (χ0n) is 12.4. The minimum atomic E-state index is -0.415. The van der Waals surface area contributed by atoms with E-state index in [1.807, 2.05) is 13.0 Å². The van der Waals surface area contributed by atoms with Crippen molar-refractivity contribution in [2.75, 3.05) is 0 Å². The second-order valence-electron chi connectivity index (χ2n) is 4.98. The van der Waals surface area contributed by atoms with Crippen molar-refractivity contribution < 1.29 is 14.3 Å². The van der Waals surface area contributed by atoms with Crippen LogP contribution in [0.2, 0.25) is 0 Å². The van der Waals surface area contributed by atoms with Crippen LogP contribution < -0.4 is 0 Å². The summed E-state index contributed by atoms with van der Waals surface area (Å²) in [6.45, 7) is 4.15. The number of rotatable bonds is 9. The smallest absolute Gasteiger partial charge is 0.313 e. The van der Waals surface area contributed by atoms with E-state index in [0.717, 1.165) is 32.1 Å². The lowest BCUT2D eigenvalue weighted by atomic mass is 10.1. The first kappa shape index (κ1) is 16.4. The molecule has 1 unspecified atom stereocenters. The lowest BCUT2D eigenvalue weighted by Gasteiger charge is -2.15. The molecule has 0 radical (unpaired) electrons. The Morgan fingerprint density at radius 3 is 2.40 bits per heavy atom. The van der Waals surface area contributed by atoms with Gasteiger partial charge in [0, 0.05) is 5.56 Å². The van der Waals surface area contributed by atoms with Crippen molar-refractivity contribution in [3.8, 4) is 0 Å². The summed E-state index contributed by atoms with van der Waals surface area (Å²) in [4.78, 5) is 23.7. The van der Waals surface area contributed by atoms with E-state index in [2.05, 4.69) is 6.92 Å². The largest absolute Gasteiger partial charge is 0.462 e. The number of ether oxygens (including phenoxy) is 1. The molecule has 0 amide bonds. The summed E-state index contributed by atoms with van der Waals surface area (Å²) in [6, 6.07) is 8.86. The second kappa shape index (κ2) is 9.29. The van der Waals surface area contributed by atoms with Gasteiger partial charge in [-0.2, -0.15) is 0 Å². The van der Waals surface area contributed by atoms with E-state index in [4.69, 9.17) is 4.74 Å². The van der Waals surface area contributed by atoms with Gasteiger partial charge in [0.05, 0.1) is 0 Å². The summed E-state index contributed by atoms with van der Waals surface area (Å²) in [6.07, 6.45) is 4.82. The molecule has 0 saturated heterocycles. The summed E-state index contributed by atoms with van der Waals surface area (Å²) in [5, 5.41) is 0. The standard InChI is InChI=1S/C17H24O3/c1-3-5-7-12-15(4-2)20-17(19)13-16(18)14-10-8-6-9-11-14/h6,8-11,15H,3-5,7,12-13H2,1-2H3. The number of hydrogen-bond acceptors (Lipinski definition) is 3. The van der Waals surface area contributed by atoms with Gasteiger partial charge in [0.15, 0.2) is 5.78 Å². The molecule has 20 heavy (non-hydrogen) atoms. The number of benzene rings is 1. The van der Waals surface area contributed by atoms with E-state index in [1.54, 1.807) is 24.3 Å². The van der Waals surface area contributed by atoms with Crippen LogP contribution in [-0.2, 0) is 9.53 Å². The molecular weight excluding hydrogens is 252 g/mol. The van der Waals surface area contributed by atoms with Gasteiger partial charge in [0.2, 0.25) is 0 Å². The van der Waals surface area contributed by atoms with E-state index in [-0.39, 0.29) is 18.3 Å². The fourth-order valence-corrected chi connectivity index (χ4v) is 2.05. The Hall–Kier alpha value is -1.64. The third-order valence-corrected chi connectivity index (χ3v) is 3.28. The van der Waals surface area contributed by atoms with Gasteiger partial charge >= 0.3 is 5.97 Å². The van der Waals surface area contributed by atoms with Gasteiger partial charge < -0.3 is 4.74 Å². The number of esters is 1. The molecule has 0 aromatic heterocycles. The highest BCUT2D eigenvalue weighted by molar-refractivity contribution is 6.05. The van der Waals surface area contributed by atoms with E-state index >= 15 is 0 Å². The molecule has 1 aromatic rings. The first-order valence-corrected chi connectivity index (χ1v) is 7.45. The molecule has 0 heterocycles. The summed E-state index contributed by atoms with van der Waals surface area (Å²) >= 11 is 0. The predicted molar refractivity (Wildman–Crippen MR) is 79.7 cm³/mol. The van der Waals surface area contributed by atoms with Gasteiger partial charge in [-0.15, -0.1) is 0 Å². The van der Waals surface area contributed by atoms with Crippen LogP contribution in [-0.4, -0.2) is 17.9 Å². The second-order valence-corrected chi connectivity index (χ2v) is 4.98. The highest BCUT2D eigenvalue weighted by Crippen LogP contribution is 2.12. The van der Waals surface area contributed by atoms with Crippen LogP contribution >= 0.6 is 0 Å². The Labute approximate surface area is 121 Å². The molecule has 1 rings (SSSR count). The van der Waals surface area contributed by atoms with Gasteiger partial charge in [-0.1, -0.05) is 57.0 Å². The topological polar surface area (TPSA) is 43.4 Å². The third-order valence-electron chi connectivity index (χ3n) is 3.28. The van der Waals surface area contributed by atoms with E-state index in [9.17, 15) is 9.59 Å². The zero-order chi connectivity index (χ0) is 14.8. The van der Waals surface area contributed by atoms with Crippen molar-refractivity contribution in [1.82, 2.24) is 0 Å². The van der Waals surface area contributed by atoms with Crippen molar-refractivity contribution >= 4 is 11.8 Å². The maximum atomic E-state index is 11.9. The first-order valence-electron chi connectivity index (χ1n) is 7.45. The number of unbranched alkanes of at least 4 members (excludes halogenated alkanes) is 2. The number of ketones is 1. The minimum absolute atomic E-state index is 0.0578. The monoisotopic (exact) mass is 276 g/mol. The molecule has 110 valence electrons. The first-order chi connectivity index (χ1) is 9.67. The van der Waals surface area contributed by atoms with Crippen molar-refractivity contribution in [3.05, 3.63) is 35.9 Å². The van der Waals surface area contributed by atoms with Crippen LogP contribution in [0.1, 0.15) is 62.7 Å². The molecule has 0 saturated carbocycles. The number of carbonyl (C=O) groups is 2. The van der Waals surface area contributed by atoms with E-state index < -0.39 is 5.97 Å². The quantitative estimate of drug-likeness (QED) is 0.294. The van der Waals surface area contributed by atoms with E-state index in [0.29, 0.717) is 5.56 Å². The minimum Gasteiger partial charge on any atom is -0.462 e. The molecule has 3 nitrogen and oxygen atoms in total. The Morgan fingerprint density at radius 1 is 1.10 bits per heavy atom. The average Bonchev–Trinajstić information content (AvgIpc) is 2.47. The molecule has 0 fully saturated rings. The molecule has 3 heteroatoms. The van der Waals surface area contributed by atoms with Crippen LogP contribution in [0.5, 0.6) is 0 Å². The molecule has 1 atom stereocenters. The molecular formula is C17H24O3. The van der Waals surface area contributed by atoms with Gasteiger partial charge in [-0.25, -0.2) is 0 Å². The molecule has 0 N–H and O–H groups in total. The Morgan fingerprint density at radius 2 is 1.80 bits per heavy atom. The normalized spacial score (nSPS) is 11.9. The van der Waals surface area contributed by atoms with Crippen LogP contribution in [0, 0.1) is 0 Å². The van der Waals surface area contributed by atoms with Crippen molar-refractivity contribution in [2.24, 2.45) is 0 Å². The summed E-state index contributed by atoms with van der Waals surface area (Å²) < 4.78 is 5.38. The van der Waals surface area contributed by atoms with Gasteiger partial charge in [0.25, 0.3) is 0 Å². The van der Waals surface area contributed by atoms with Crippen LogP contribution in [0.25, 0.3) is 0 Å². The predicted octanol–water partition coefficient (Wildman–Crippen LogP) is 4.16. The van der Waals surface area contributed by atoms with Crippen molar-refractivity contribution in [3.63, 3.8) is 0 Å². The van der Waals surface area contributed by atoms with Crippen molar-refractivity contribution in [2.45, 2.75) is 58.5 Å². The average molecular weight is 276 g/mol. The molecule has 0 aliphatic heterocycles. The third kappa shape index (κ3) is 6.00. The summed E-state index contributed by atoms with van der Waals surface area (Å²) in [5.74, 6) is -0.596. The van der Waals surface area contributed by atoms with Crippen LogP contribution in [0.15, 0.2) is 30.3 Å². The molecule has 1 aromatic carbocycles. The number of Topliss-reactive ketones (excluding diaryl/α,β-unsaturated/α-hetero) is 1. The summed E-state index contributed by atoms with van der Waals surface area (Å²) in [5.41, 5.74) is 0.559. The molecule has 0 aliphatic carbocycles. The van der Waals surface area contributed by atoms with Gasteiger partial charge in [-0.05, 0) is 19.3 Å². The number of carbonyl (C=O) groups excluding carboxylic acids is 2. The molecule has 0 aliphatic rings. The lowest BCUT2D eigenvalue weighted by molar-refractivity contribution is -0.148. The maximum Gasteiger partial charge on any atom is 0.313 e. The van der Waals surface area contributed by atoms with Crippen LogP contribution in [0.4, 0.5) is 0 Å². The Kier molecular flexibility index (Phi) is 7.63. The fourth-order valence-electron chi connectivity index (χ4n) is 2.05. The molecule has 0 spiro atoms. The zero-order valence-corrected chi connectivity index (χ0v) is 12.4. The van der Waals surface area contributed by atoms with Gasteiger partial charge in [-0.3, -0.25) is 9.59 Å². The van der Waals surface area contributed by atoms with Gasteiger partial charge in [0.1, 0.15) is 12.5 Å². The van der Waals surface area contributed by atoms with E-state index in [1.165, 1.54) is 0 Å². The number of hydrogen-bond donors (Lipinski definition) is 0. The highest BCUT2D eigenvalue weighted by atomic mass is 16.5. The SMILES string of the molecule is CCCCCC(CC)OC(=O)CC(=O)c1ccccc1. The molecule has 0 bridgehead atoms. The summed E-state index contributed by atoms with van der Waals surface area (Å²) in [7, 11) is 0. The van der Waals surface area contributed by atoms with Crippen LogP contribution in [0.3, 0.4) is 0 Å². The Balaban J connectivity index is 2.40. The highest BCUT2D eigenvalue weighted by Gasteiger charge is 2.16. The lowest BCUT2D eigenvalue weighted by Crippen LogP contribution is -2.20. The Bertz CT molecular complexity index is 412.